The molecule has 0 aliphatic carbocycles. The lowest BCUT2D eigenvalue weighted by atomic mass is 10.0. The molecule has 0 heterocycles. The molecule has 138 valence electrons. The van der Waals surface area contributed by atoms with Crippen LogP contribution in [-0.4, -0.2) is 5.91 Å². The van der Waals surface area contributed by atoms with Crippen LogP contribution in [0.5, 0.6) is 0 Å². The monoisotopic (exact) mass is 382 g/mol. The highest BCUT2D eigenvalue weighted by Gasteiger charge is 2.23. The highest BCUT2D eigenvalue weighted by molar-refractivity contribution is 6.30. The molecule has 3 aromatic rings. The molecule has 3 nitrogen and oxygen atoms in total. The first-order valence-electron chi connectivity index (χ1n) is 8.66. The maximum absolute atomic E-state index is 13.1. The van der Waals surface area contributed by atoms with Gasteiger partial charge in [0, 0.05) is 16.8 Å². The van der Waals surface area contributed by atoms with Crippen LogP contribution < -0.4 is 10.6 Å². The van der Waals surface area contributed by atoms with Crippen LogP contribution in [0.25, 0.3) is 0 Å². The largest absolute Gasteiger partial charge is 0.324 e. The molecule has 27 heavy (non-hydrogen) atoms. The molecule has 0 aliphatic heterocycles. The summed E-state index contributed by atoms with van der Waals surface area (Å²) < 4.78 is 13.1. The number of amides is 1. The van der Waals surface area contributed by atoms with Crippen molar-refractivity contribution in [3.8, 4) is 0 Å². The molecule has 0 saturated heterocycles. The van der Waals surface area contributed by atoms with E-state index in [1.807, 2.05) is 61.5 Å². The van der Waals surface area contributed by atoms with Crippen LogP contribution in [0, 0.1) is 5.82 Å². The Balaban J connectivity index is 1.82. The maximum Gasteiger partial charge on any atom is 0.246 e. The number of carbonyl (C=O) groups is 1. The molecule has 0 saturated carbocycles. The number of carbonyl (C=O) groups excluding carboxylic acids is 1. The van der Waals surface area contributed by atoms with Crippen LogP contribution in [0.1, 0.15) is 30.1 Å². The van der Waals surface area contributed by atoms with Crippen LogP contribution in [0.3, 0.4) is 0 Å². The highest BCUT2D eigenvalue weighted by atomic mass is 35.5. The summed E-state index contributed by atoms with van der Waals surface area (Å²) in [6.07, 6.45) is 0. The third-order valence-corrected chi connectivity index (χ3v) is 4.51. The summed E-state index contributed by atoms with van der Waals surface area (Å²) in [7, 11) is 0. The van der Waals surface area contributed by atoms with Gasteiger partial charge < -0.3 is 5.32 Å². The van der Waals surface area contributed by atoms with Crippen LogP contribution >= 0.6 is 11.6 Å². The molecule has 1 amide bonds. The second kappa shape index (κ2) is 8.80. The SMILES string of the molecule is CC(NC(C(=O)Nc1ccc(F)cc1)c1ccccc1)c1cccc(Cl)c1. The summed E-state index contributed by atoms with van der Waals surface area (Å²) in [6, 6.07) is 22.0. The van der Waals surface area contributed by atoms with Gasteiger partial charge in [0.05, 0.1) is 0 Å². The molecule has 0 fully saturated rings. The molecule has 2 unspecified atom stereocenters. The minimum absolute atomic E-state index is 0.104. The number of rotatable bonds is 6. The van der Waals surface area contributed by atoms with Crippen molar-refractivity contribution in [2.24, 2.45) is 0 Å². The third-order valence-electron chi connectivity index (χ3n) is 4.27. The Kier molecular flexibility index (Phi) is 6.22. The molecule has 0 radical (unpaired) electrons. The molecular weight excluding hydrogens is 363 g/mol. The minimum Gasteiger partial charge on any atom is -0.324 e. The van der Waals surface area contributed by atoms with Crippen molar-refractivity contribution >= 4 is 23.2 Å². The Morgan fingerprint density at radius 1 is 0.926 bits per heavy atom. The molecule has 2 N–H and O–H groups in total. The van der Waals surface area contributed by atoms with Crippen molar-refractivity contribution in [2.75, 3.05) is 5.32 Å². The van der Waals surface area contributed by atoms with Crippen LogP contribution in [-0.2, 0) is 4.79 Å². The third kappa shape index (κ3) is 5.16. The molecule has 0 aromatic heterocycles. The van der Waals surface area contributed by atoms with Crippen molar-refractivity contribution in [3.63, 3.8) is 0 Å². The van der Waals surface area contributed by atoms with Crippen molar-refractivity contribution < 1.29 is 9.18 Å². The van der Waals surface area contributed by atoms with E-state index in [-0.39, 0.29) is 17.8 Å². The molecular formula is C22H20ClFN2O. The Labute approximate surface area is 163 Å². The molecule has 0 spiro atoms. The van der Waals surface area contributed by atoms with Gasteiger partial charge in [-0.1, -0.05) is 54.1 Å². The van der Waals surface area contributed by atoms with Gasteiger partial charge >= 0.3 is 0 Å². The van der Waals surface area contributed by atoms with E-state index in [9.17, 15) is 9.18 Å². The van der Waals surface area contributed by atoms with E-state index in [1.54, 1.807) is 0 Å². The summed E-state index contributed by atoms with van der Waals surface area (Å²) in [5.41, 5.74) is 2.36. The van der Waals surface area contributed by atoms with E-state index >= 15 is 0 Å². The average Bonchev–Trinajstić information content (AvgIpc) is 2.68. The fourth-order valence-electron chi connectivity index (χ4n) is 2.84. The van der Waals surface area contributed by atoms with Gasteiger partial charge in [-0.3, -0.25) is 10.1 Å². The lowest BCUT2D eigenvalue weighted by Gasteiger charge is -2.24. The van der Waals surface area contributed by atoms with E-state index in [4.69, 9.17) is 11.6 Å². The van der Waals surface area contributed by atoms with Crippen molar-refractivity contribution in [1.29, 1.82) is 0 Å². The van der Waals surface area contributed by atoms with E-state index in [0.717, 1.165) is 11.1 Å². The lowest BCUT2D eigenvalue weighted by molar-refractivity contribution is -0.118. The van der Waals surface area contributed by atoms with Crippen molar-refractivity contribution in [3.05, 3.63) is 101 Å². The summed E-state index contributed by atoms with van der Waals surface area (Å²) in [5.74, 6) is -0.568. The Morgan fingerprint density at radius 2 is 1.59 bits per heavy atom. The smallest absolute Gasteiger partial charge is 0.246 e. The number of hydrogen-bond donors (Lipinski definition) is 2. The Morgan fingerprint density at radius 3 is 2.26 bits per heavy atom. The highest BCUT2D eigenvalue weighted by Crippen LogP contribution is 2.23. The summed E-state index contributed by atoms with van der Waals surface area (Å²) in [4.78, 5) is 12.9. The Bertz CT molecular complexity index is 900. The number of anilines is 1. The number of hydrogen-bond acceptors (Lipinski definition) is 2. The van der Waals surface area contributed by atoms with E-state index in [2.05, 4.69) is 10.6 Å². The van der Waals surface area contributed by atoms with Gasteiger partial charge in [-0.25, -0.2) is 4.39 Å². The average molecular weight is 383 g/mol. The zero-order valence-electron chi connectivity index (χ0n) is 14.8. The summed E-state index contributed by atoms with van der Waals surface area (Å²) in [6.45, 7) is 1.98. The quantitative estimate of drug-likeness (QED) is 0.590. The fourth-order valence-corrected chi connectivity index (χ4v) is 3.04. The normalized spacial score (nSPS) is 13.0. The van der Waals surface area contributed by atoms with Gasteiger partial charge in [0.2, 0.25) is 5.91 Å². The molecule has 3 aromatic carbocycles. The van der Waals surface area contributed by atoms with Gasteiger partial charge in [0.25, 0.3) is 0 Å². The minimum atomic E-state index is -0.578. The standard InChI is InChI=1S/C22H20ClFN2O/c1-15(17-8-5-9-18(23)14-17)25-21(16-6-3-2-4-7-16)22(27)26-20-12-10-19(24)11-13-20/h2-15,21,25H,1H3,(H,26,27). The number of halogens is 2. The second-order valence-electron chi connectivity index (χ2n) is 6.28. The maximum atomic E-state index is 13.1. The van der Waals surface area contributed by atoms with Gasteiger partial charge in [0.15, 0.2) is 0 Å². The fraction of sp³-hybridized carbons (Fsp3) is 0.136. The van der Waals surface area contributed by atoms with E-state index in [0.29, 0.717) is 10.7 Å². The number of nitrogens with one attached hydrogen (secondary N) is 2. The predicted molar refractivity (Wildman–Crippen MR) is 107 cm³/mol. The molecule has 0 aliphatic rings. The second-order valence-corrected chi connectivity index (χ2v) is 6.72. The van der Waals surface area contributed by atoms with Crippen molar-refractivity contribution in [1.82, 2.24) is 5.32 Å². The molecule has 5 heteroatoms. The van der Waals surface area contributed by atoms with Gasteiger partial charge in [-0.05, 0) is 54.4 Å². The zero-order valence-corrected chi connectivity index (χ0v) is 15.6. The van der Waals surface area contributed by atoms with E-state index < -0.39 is 6.04 Å². The van der Waals surface area contributed by atoms with E-state index in [1.165, 1.54) is 24.3 Å². The first-order valence-corrected chi connectivity index (χ1v) is 9.03. The van der Waals surface area contributed by atoms with Crippen LogP contribution in [0.2, 0.25) is 5.02 Å². The van der Waals surface area contributed by atoms with Crippen LogP contribution in [0.4, 0.5) is 10.1 Å². The first kappa shape index (κ1) is 19.1. The van der Waals surface area contributed by atoms with Gasteiger partial charge in [-0.2, -0.15) is 0 Å². The topological polar surface area (TPSA) is 41.1 Å². The molecule has 0 bridgehead atoms. The van der Waals surface area contributed by atoms with Crippen molar-refractivity contribution in [2.45, 2.75) is 19.0 Å². The van der Waals surface area contributed by atoms with Gasteiger partial charge in [0.1, 0.15) is 11.9 Å². The predicted octanol–water partition coefficient (Wildman–Crippen LogP) is 5.51. The summed E-state index contributed by atoms with van der Waals surface area (Å²) >= 11 is 6.09. The Hall–Kier alpha value is -2.69. The zero-order chi connectivity index (χ0) is 19.2. The van der Waals surface area contributed by atoms with Gasteiger partial charge in [-0.15, -0.1) is 0 Å². The summed E-state index contributed by atoms with van der Waals surface area (Å²) in [5, 5.41) is 6.85. The number of benzene rings is 3. The molecule has 3 rings (SSSR count). The van der Waals surface area contributed by atoms with Crippen LogP contribution in [0.15, 0.2) is 78.9 Å². The lowest BCUT2D eigenvalue weighted by Crippen LogP contribution is -2.34. The molecule has 2 atom stereocenters. The first-order chi connectivity index (χ1) is 13.0.